The summed E-state index contributed by atoms with van der Waals surface area (Å²) in [5.41, 5.74) is 5.84. The van der Waals surface area contributed by atoms with E-state index in [1.807, 2.05) is 159 Å². The summed E-state index contributed by atoms with van der Waals surface area (Å²) < 4.78 is 41.4. The number of amides is 4. The molecule has 0 aromatic heterocycles. The quantitative estimate of drug-likeness (QED) is 0.0151. The molecule has 133 heavy (non-hydrogen) atoms. The molecule has 0 bridgehead atoms. The Morgan fingerprint density at radius 3 is 1.12 bits per heavy atom. The molecule has 7 fully saturated rings. The summed E-state index contributed by atoms with van der Waals surface area (Å²) in [6.07, 6.45) is 26.0. The van der Waals surface area contributed by atoms with Crippen molar-refractivity contribution in [3.63, 3.8) is 0 Å². The maximum atomic E-state index is 13.6. The molecule has 29 heteroatoms. The number of aromatic hydroxyl groups is 5. The monoisotopic (exact) mass is 2080 g/mol. The summed E-state index contributed by atoms with van der Waals surface area (Å²) in [4.78, 5) is 73.8. The normalized spacial score (nSPS) is 18.4. The average Bonchev–Trinajstić information content (AvgIpc) is 1.63. The number of carbonyl (C=O) groups is 5. The third-order valence-corrected chi connectivity index (χ3v) is 27.6. The average molecular weight is 2080 g/mol. The second kappa shape index (κ2) is 56.0. The summed E-state index contributed by atoms with van der Waals surface area (Å²) in [6.45, 7) is 26.6. The second-order valence-corrected chi connectivity index (χ2v) is 37.3. The number of halogens is 4. The molecule has 24 nitrogen and oxygen atoms in total. The molecule has 7 N–H and O–H groups in total. The number of ether oxygens (including phenoxy) is 5. The standard InChI is InChI=1S/C25H31BrN2O3.C23H26BrNO4.C21H22BrNO4.C17H23NO3.C8H15BO2.C6H5BrO2.C4H9N/c26-24-22(29)11-7-12-23(24)31-18-20-9-3-4-16-28(20)25(30)21-10-2-1-8-19(21)13-17-27-14-5-6-15-27;1-2-28-15-13-17-8-3-4-10-19(17)23(27)25-14-6-5-9-18(25)16-29-21-12-7-11-20(26)22(21)24;22-20-18(25)9-5-10-19(20)27-14-16-7-3-4-12-23(16)21(26)17-8-2-1-6-15(17)11-13-24;1-2-21-12-10-14-7-3-4-9-16(14)17(20)18-11-6-5-8-15(18)13-19;1-6-9-10-7(2,3)8(4,5)11-9;7-6-4(8)2-1-3-5(6)9;1-2-4-5-3-1/h1-2,7-8,10-12,20,29H,3-6,9,13-18H2;3-4,7-8,10-13,15,18,26H,2,5-6,9,14,16H2,1H3;1-2,5-6,8-10,13,16,25H,3-4,7,11-12,14H2;3-4,7,9-10,12,15,19H,2,5-6,8,11,13H2,1H3;6H,1H2,2-5H3;1-3,8-9H;5H,1-4H2/b;15-13+;;12-10+;;;/t20-;18-;16-;15-;;;/m0000.../s1. The highest BCUT2D eigenvalue weighted by Gasteiger charge is 2.50. The largest absolute Gasteiger partial charge is 0.507 e. The Bertz CT molecular complexity index is 5030. The highest BCUT2D eigenvalue weighted by atomic mass is 79.9. The summed E-state index contributed by atoms with van der Waals surface area (Å²) >= 11 is 13.0. The fraction of sp³-hybridized carbons (Fsp3) is 0.433. The number of phenols is 5. The van der Waals surface area contributed by atoms with Crippen molar-refractivity contribution in [3.05, 3.63) is 257 Å². The van der Waals surface area contributed by atoms with Crippen molar-refractivity contribution in [2.75, 3.05) is 98.5 Å². The molecule has 4 atom stereocenters. The number of benzene rings is 8. The number of aliphatic hydroxyl groups excluding tert-OH is 1. The number of nitrogens with zero attached hydrogens (tertiary/aromatic N) is 5. The van der Waals surface area contributed by atoms with E-state index >= 15 is 0 Å². The van der Waals surface area contributed by atoms with Crippen molar-refractivity contribution in [1.29, 1.82) is 0 Å². The molecule has 7 heterocycles. The van der Waals surface area contributed by atoms with E-state index in [-0.39, 0.29) is 108 Å². The van der Waals surface area contributed by atoms with Gasteiger partial charge in [-0.1, -0.05) is 103 Å². The van der Waals surface area contributed by atoms with Crippen molar-refractivity contribution in [2.24, 2.45) is 0 Å². The van der Waals surface area contributed by atoms with Crippen molar-refractivity contribution in [1.82, 2.24) is 29.8 Å². The summed E-state index contributed by atoms with van der Waals surface area (Å²) in [5, 5.41) is 60.0. The minimum atomic E-state index is -0.250. The smallest absolute Gasteiger partial charge is 0.486 e. The van der Waals surface area contributed by atoms with Crippen LogP contribution in [0, 0.1) is 0 Å². The van der Waals surface area contributed by atoms with Crippen LogP contribution in [0.3, 0.4) is 0 Å². The lowest BCUT2D eigenvalue weighted by atomic mass is 9.90. The molecule has 716 valence electrons. The molecule has 7 aliphatic heterocycles. The van der Waals surface area contributed by atoms with Crippen LogP contribution in [-0.4, -0.2) is 226 Å². The van der Waals surface area contributed by atoms with E-state index < -0.39 is 0 Å². The van der Waals surface area contributed by atoms with Crippen molar-refractivity contribution < 1.29 is 87.6 Å². The Balaban J connectivity index is 0.000000184. The Morgan fingerprint density at radius 1 is 0.436 bits per heavy atom. The van der Waals surface area contributed by atoms with Crippen LogP contribution in [0.2, 0.25) is 0 Å². The lowest BCUT2D eigenvalue weighted by Gasteiger charge is -2.36. The molecule has 0 unspecified atom stereocenters. The van der Waals surface area contributed by atoms with Gasteiger partial charge in [0.25, 0.3) is 23.6 Å². The van der Waals surface area contributed by atoms with Gasteiger partial charge in [0, 0.05) is 61.4 Å². The van der Waals surface area contributed by atoms with Gasteiger partial charge < -0.3 is 98.2 Å². The first-order valence-electron chi connectivity index (χ1n) is 46.3. The van der Waals surface area contributed by atoms with E-state index in [9.17, 15) is 44.4 Å². The zero-order valence-corrected chi connectivity index (χ0v) is 83.7. The topological polar surface area (TPSA) is 300 Å². The van der Waals surface area contributed by atoms with Gasteiger partial charge in [-0.3, -0.25) is 19.2 Å². The number of likely N-dealkylation sites (tertiary alicyclic amines) is 5. The van der Waals surface area contributed by atoms with Crippen molar-refractivity contribution in [3.8, 4) is 46.0 Å². The SMILES string of the molecule is C1CCNC1.C=CB1OC(C)(C)C(C)(C)O1.CCO/C=C/c1ccccc1C(=O)N1CCCC[C@H]1CO.CCO/C=C/c1ccccc1C(=O)N1CCCC[C@H]1COc1cccc(O)c1Br.O=C(c1ccccc1CCN1CCCC1)N1CCCC[C@H]1COc1cccc(O)c1Br.O=CCc1ccccc1C(=O)N1CCCC[C@H]1COc1cccc(O)c1Br.Oc1cccc(O)c1Br. The van der Waals surface area contributed by atoms with Gasteiger partial charge in [-0.15, -0.1) is 6.58 Å². The fourth-order valence-electron chi connectivity index (χ4n) is 16.2. The first-order chi connectivity index (χ1) is 64.2. The van der Waals surface area contributed by atoms with E-state index in [2.05, 4.69) is 86.6 Å². The number of phenolic OH excluding ortho intramolecular Hbond substituents is 5. The van der Waals surface area contributed by atoms with E-state index in [1.165, 1.54) is 64.0 Å². The minimum absolute atomic E-state index is 0.00465. The van der Waals surface area contributed by atoms with Gasteiger partial charge in [0.05, 0.1) is 67.7 Å². The number of carbonyl (C=O) groups excluding carboxylic acids is 5. The summed E-state index contributed by atoms with van der Waals surface area (Å²) in [5.74, 6) is 3.95. The number of rotatable bonds is 26. The maximum Gasteiger partial charge on any atom is 0.486 e. The zero-order valence-electron chi connectivity index (χ0n) is 77.4. The number of hydrogen-bond donors (Lipinski definition) is 7. The predicted molar refractivity (Wildman–Crippen MR) is 538 cm³/mol. The zero-order chi connectivity index (χ0) is 95.7. The Labute approximate surface area is 818 Å². The van der Waals surface area contributed by atoms with Gasteiger partial charge >= 0.3 is 7.12 Å². The Kier molecular flexibility index (Phi) is 45.0. The molecular weight excluding hydrogens is 1950 g/mol. The number of aldehydes is 1. The van der Waals surface area contributed by atoms with Crippen LogP contribution in [0.4, 0.5) is 0 Å². The number of hydrogen-bond acceptors (Lipinski definition) is 20. The molecule has 4 amide bonds. The van der Waals surface area contributed by atoms with E-state index in [0.29, 0.717) is 104 Å². The van der Waals surface area contributed by atoms with Gasteiger partial charge in [0.15, 0.2) is 0 Å². The molecule has 8 aromatic rings. The summed E-state index contributed by atoms with van der Waals surface area (Å²) in [7, 11) is -0.250. The molecular formula is C104H131BBr4N6O18. The lowest BCUT2D eigenvalue weighted by molar-refractivity contribution is -0.107. The van der Waals surface area contributed by atoms with Gasteiger partial charge in [0.1, 0.15) is 90.0 Å². The lowest BCUT2D eigenvalue weighted by Crippen LogP contribution is -2.47. The third-order valence-electron chi connectivity index (χ3n) is 24.4. The minimum Gasteiger partial charge on any atom is -0.507 e. The molecule has 0 radical (unpaired) electrons. The highest BCUT2D eigenvalue weighted by Crippen LogP contribution is 2.40. The molecule has 0 spiro atoms. The fourth-order valence-corrected chi connectivity index (χ4v) is 17.6. The van der Waals surface area contributed by atoms with Crippen LogP contribution in [0.15, 0.2) is 213 Å². The van der Waals surface area contributed by atoms with Crippen LogP contribution in [0.1, 0.15) is 208 Å². The second-order valence-electron chi connectivity index (χ2n) is 34.1. The highest BCUT2D eigenvalue weighted by molar-refractivity contribution is 9.11. The third kappa shape index (κ3) is 32.2. The predicted octanol–water partition coefficient (Wildman–Crippen LogP) is 20.8. The first kappa shape index (κ1) is 107. The van der Waals surface area contributed by atoms with E-state index in [4.69, 9.17) is 43.2 Å². The first-order valence-corrected chi connectivity index (χ1v) is 49.5. The molecule has 7 aliphatic rings. The molecule has 7 saturated heterocycles. The molecule has 8 aromatic carbocycles. The Morgan fingerprint density at radius 2 is 0.767 bits per heavy atom. The van der Waals surface area contributed by atoms with Gasteiger partial charge in [0.2, 0.25) is 0 Å². The number of nitrogens with one attached hydrogen (secondary N) is 1. The van der Waals surface area contributed by atoms with E-state index in [0.717, 1.165) is 131 Å². The number of aliphatic hydroxyl groups is 1. The van der Waals surface area contributed by atoms with Gasteiger partial charge in [-0.05, 0) is 348 Å². The van der Waals surface area contributed by atoms with Gasteiger partial charge in [-0.2, -0.15) is 0 Å². The number of piperidine rings is 4. The molecule has 0 saturated carbocycles. The van der Waals surface area contributed by atoms with Gasteiger partial charge in [-0.25, -0.2) is 0 Å². The van der Waals surface area contributed by atoms with Crippen molar-refractivity contribution in [2.45, 2.75) is 192 Å². The summed E-state index contributed by atoms with van der Waals surface area (Å²) in [6, 6.07) is 50.3. The van der Waals surface area contributed by atoms with Crippen LogP contribution in [0.25, 0.3) is 12.2 Å². The van der Waals surface area contributed by atoms with Crippen LogP contribution < -0.4 is 19.5 Å². The van der Waals surface area contributed by atoms with Crippen LogP contribution in [0.5, 0.6) is 46.0 Å². The van der Waals surface area contributed by atoms with Crippen LogP contribution >= 0.6 is 63.7 Å². The van der Waals surface area contributed by atoms with Crippen LogP contribution in [-0.2, 0) is 36.4 Å². The van der Waals surface area contributed by atoms with E-state index in [1.54, 1.807) is 84.1 Å². The van der Waals surface area contributed by atoms with Crippen molar-refractivity contribution >= 4 is 113 Å². The maximum absolute atomic E-state index is 13.6. The molecule has 0 aliphatic carbocycles. The Hall–Kier alpha value is -9.69. The molecule has 15 rings (SSSR count).